The van der Waals surface area contributed by atoms with Gasteiger partial charge in [-0.05, 0) is 36.2 Å². The number of hydrogen-bond donors (Lipinski definition) is 0. The third-order valence-electron chi connectivity index (χ3n) is 5.11. The van der Waals surface area contributed by atoms with Crippen molar-refractivity contribution in [2.75, 3.05) is 13.1 Å². The lowest BCUT2D eigenvalue weighted by Crippen LogP contribution is -2.33. The number of carbonyl (C=O) groups is 1. The van der Waals surface area contributed by atoms with Crippen LogP contribution in [0.4, 0.5) is 0 Å². The number of benzene rings is 1. The lowest BCUT2D eigenvalue weighted by Gasteiger charge is -2.25. The van der Waals surface area contributed by atoms with Gasteiger partial charge in [0.05, 0.1) is 13.0 Å². The van der Waals surface area contributed by atoms with E-state index in [0.717, 1.165) is 22.8 Å². The number of allylic oxidation sites excluding steroid dienone is 2. The lowest BCUT2D eigenvalue weighted by molar-refractivity contribution is -0.115. The summed E-state index contributed by atoms with van der Waals surface area (Å²) in [6.45, 7) is 9.21. The van der Waals surface area contributed by atoms with Crippen molar-refractivity contribution in [2.45, 2.75) is 44.3 Å². The SMILES string of the molecule is Cc1ccc(S(=O)(=O)N2C/C3=C(\[Si](C)(C)C)C(=O)CC/C=C\C3C2)cc1. The third-order valence-corrected chi connectivity index (χ3v) is 9.04. The Bertz CT molecular complexity index is 877. The molecule has 0 radical (unpaired) electrons. The summed E-state index contributed by atoms with van der Waals surface area (Å²) >= 11 is 0. The molecule has 0 bridgehead atoms. The second kappa shape index (κ2) is 6.91. The first-order valence-corrected chi connectivity index (χ1v) is 14.0. The van der Waals surface area contributed by atoms with Gasteiger partial charge >= 0.3 is 0 Å². The van der Waals surface area contributed by atoms with Gasteiger partial charge in [0.25, 0.3) is 0 Å². The standard InChI is InChI=1S/C20H27NO3SSi/c1-15-9-11-17(12-10-15)25(23,24)21-13-16-7-5-6-8-19(22)20(18(16)14-21)26(2,3)4/h5,7,9-12,16H,6,8,13-14H2,1-4H3/b7-5-,20-18+. The quantitative estimate of drug-likeness (QED) is 0.585. The summed E-state index contributed by atoms with van der Waals surface area (Å²) in [5.41, 5.74) is 2.06. The number of rotatable bonds is 3. The monoisotopic (exact) mass is 389 g/mol. The van der Waals surface area contributed by atoms with Gasteiger partial charge in [0, 0.05) is 25.4 Å². The smallest absolute Gasteiger partial charge is 0.243 e. The van der Waals surface area contributed by atoms with E-state index in [1.807, 2.05) is 25.1 Å². The van der Waals surface area contributed by atoms with Crippen LogP contribution in [0.15, 0.2) is 52.1 Å². The van der Waals surface area contributed by atoms with Crippen molar-refractivity contribution in [3.63, 3.8) is 0 Å². The van der Waals surface area contributed by atoms with Crippen LogP contribution in [-0.2, 0) is 14.8 Å². The summed E-state index contributed by atoms with van der Waals surface area (Å²) in [7, 11) is -5.42. The Morgan fingerprint density at radius 2 is 1.77 bits per heavy atom. The van der Waals surface area contributed by atoms with Crippen molar-refractivity contribution in [1.29, 1.82) is 0 Å². The molecule has 1 heterocycles. The van der Waals surface area contributed by atoms with Crippen molar-refractivity contribution in [2.24, 2.45) is 5.92 Å². The van der Waals surface area contributed by atoms with E-state index in [0.29, 0.717) is 24.4 Å². The van der Waals surface area contributed by atoms with Crippen molar-refractivity contribution in [3.05, 3.63) is 52.8 Å². The number of hydrogen-bond acceptors (Lipinski definition) is 3. The second-order valence-electron chi connectivity index (χ2n) is 8.26. The minimum absolute atomic E-state index is 0.0150. The van der Waals surface area contributed by atoms with E-state index in [2.05, 4.69) is 25.7 Å². The van der Waals surface area contributed by atoms with Crippen LogP contribution in [-0.4, -0.2) is 39.7 Å². The highest BCUT2D eigenvalue weighted by Gasteiger charge is 2.40. The van der Waals surface area contributed by atoms with E-state index >= 15 is 0 Å². The van der Waals surface area contributed by atoms with Gasteiger partial charge in [-0.15, -0.1) is 0 Å². The summed E-state index contributed by atoms with van der Waals surface area (Å²) < 4.78 is 27.8. The fourth-order valence-corrected chi connectivity index (χ4v) is 7.50. The molecular weight excluding hydrogens is 362 g/mol. The maximum Gasteiger partial charge on any atom is 0.243 e. The molecule has 3 rings (SSSR count). The van der Waals surface area contributed by atoms with Gasteiger partial charge in [-0.25, -0.2) is 8.42 Å². The minimum atomic E-state index is -3.55. The molecule has 0 spiro atoms. The first kappa shape index (κ1) is 19.3. The van der Waals surface area contributed by atoms with Gasteiger partial charge in [0.2, 0.25) is 10.0 Å². The highest BCUT2D eigenvalue weighted by Crippen LogP contribution is 2.36. The second-order valence-corrected chi connectivity index (χ2v) is 15.2. The summed E-state index contributed by atoms with van der Waals surface area (Å²) in [6, 6.07) is 6.98. The first-order valence-electron chi connectivity index (χ1n) is 9.11. The minimum Gasteiger partial charge on any atom is -0.295 e. The number of fused-ring (bicyclic) bond motifs is 1. The van der Waals surface area contributed by atoms with Crippen molar-refractivity contribution in [1.82, 2.24) is 4.31 Å². The van der Waals surface area contributed by atoms with E-state index in [1.54, 1.807) is 16.4 Å². The predicted octanol–water partition coefficient (Wildman–Crippen LogP) is 3.71. The molecule has 1 aromatic carbocycles. The average molecular weight is 390 g/mol. The molecule has 0 N–H and O–H groups in total. The number of ketones is 1. The molecule has 1 aliphatic carbocycles. The van der Waals surface area contributed by atoms with E-state index in [1.165, 1.54) is 0 Å². The molecule has 0 saturated carbocycles. The zero-order valence-electron chi connectivity index (χ0n) is 16.0. The molecule has 1 atom stereocenters. The molecule has 4 nitrogen and oxygen atoms in total. The van der Waals surface area contributed by atoms with Gasteiger partial charge < -0.3 is 0 Å². The van der Waals surface area contributed by atoms with Gasteiger partial charge in [0.15, 0.2) is 5.78 Å². The Labute approximate surface area is 157 Å². The van der Waals surface area contributed by atoms with Crippen LogP contribution in [0.1, 0.15) is 18.4 Å². The molecule has 6 heteroatoms. The van der Waals surface area contributed by atoms with Crippen molar-refractivity contribution < 1.29 is 13.2 Å². The zero-order chi connectivity index (χ0) is 19.1. The molecule has 1 saturated heterocycles. The molecule has 1 aromatic rings. The number of aryl methyl sites for hydroxylation is 1. The summed E-state index contributed by atoms with van der Waals surface area (Å²) in [4.78, 5) is 13.1. The van der Waals surface area contributed by atoms with Gasteiger partial charge in [-0.3, -0.25) is 4.79 Å². The normalized spacial score (nSPS) is 26.3. The average Bonchev–Trinajstić information content (AvgIpc) is 2.92. The molecule has 26 heavy (non-hydrogen) atoms. The van der Waals surface area contributed by atoms with Crippen molar-refractivity contribution >= 4 is 23.9 Å². The summed E-state index contributed by atoms with van der Waals surface area (Å²) in [5.74, 6) is 0.226. The topological polar surface area (TPSA) is 54.5 Å². The van der Waals surface area contributed by atoms with Crippen LogP contribution in [0.5, 0.6) is 0 Å². The summed E-state index contributed by atoms with van der Waals surface area (Å²) in [5, 5.41) is 0.952. The molecule has 1 aliphatic heterocycles. The summed E-state index contributed by atoms with van der Waals surface area (Å²) in [6.07, 6.45) is 5.40. The highest BCUT2D eigenvalue weighted by molar-refractivity contribution is 7.89. The van der Waals surface area contributed by atoms with Crippen LogP contribution in [0.25, 0.3) is 0 Å². The Morgan fingerprint density at radius 1 is 1.12 bits per heavy atom. The Morgan fingerprint density at radius 3 is 2.38 bits per heavy atom. The largest absolute Gasteiger partial charge is 0.295 e. The fourth-order valence-electron chi connectivity index (χ4n) is 3.86. The van der Waals surface area contributed by atoms with Crippen LogP contribution in [0.3, 0.4) is 0 Å². The van der Waals surface area contributed by atoms with E-state index in [9.17, 15) is 13.2 Å². The van der Waals surface area contributed by atoms with Crippen LogP contribution >= 0.6 is 0 Å². The van der Waals surface area contributed by atoms with E-state index in [-0.39, 0.29) is 11.7 Å². The Hall–Kier alpha value is -1.50. The molecule has 1 unspecified atom stereocenters. The van der Waals surface area contributed by atoms with E-state index in [4.69, 9.17) is 0 Å². The molecule has 0 amide bonds. The lowest BCUT2D eigenvalue weighted by atomic mass is 9.96. The molecule has 0 aromatic heterocycles. The zero-order valence-corrected chi connectivity index (χ0v) is 17.8. The maximum atomic E-state index is 13.1. The van der Waals surface area contributed by atoms with E-state index < -0.39 is 18.1 Å². The number of nitrogens with zero attached hydrogens (tertiary/aromatic N) is 1. The van der Waals surface area contributed by atoms with Gasteiger partial charge in [-0.2, -0.15) is 4.31 Å². The third kappa shape index (κ3) is 3.63. The van der Waals surface area contributed by atoms with Crippen LogP contribution in [0, 0.1) is 12.8 Å². The Kier molecular flexibility index (Phi) is 5.12. The Balaban J connectivity index is 2.04. The van der Waals surface area contributed by atoms with Gasteiger partial charge in [0.1, 0.15) is 0 Å². The molecule has 140 valence electrons. The number of sulfonamides is 1. The number of Topliss-reactive ketones (excluding diaryl/α,β-unsaturated/α-hetero) is 1. The first-order chi connectivity index (χ1) is 12.1. The van der Waals surface area contributed by atoms with Gasteiger partial charge in [-0.1, -0.05) is 49.5 Å². The molecular formula is C20H27NO3SSi. The van der Waals surface area contributed by atoms with Crippen LogP contribution < -0.4 is 0 Å². The van der Waals surface area contributed by atoms with Crippen molar-refractivity contribution in [3.8, 4) is 0 Å². The molecule has 1 fully saturated rings. The number of carbonyl (C=O) groups excluding carboxylic acids is 1. The predicted molar refractivity (Wildman–Crippen MR) is 107 cm³/mol. The fraction of sp³-hybridized carbons (Fsp3) is 0.450. The molecule has 2 aliphatic rings. The highest BCUT2D eigenvalue weighted by atomic mass is 32.2. The maximum absolute atomic E-state index is 13.1. The van der Waals surface area contributed by atoms with Crippen LogP contribution in [0.2, 0.25) is 19.6 Å².